The van der Waals surface area contributed by atoms with E-state index < -0.39 is 0 Å². The Morgan fingerprint density at radius 2 is 1.95 bits per heavy atom. The Bertz CT molecular complexity index is 571. The number of anilines is 1. The third-order valence-electron chi connectivity index (χ3n) is 2.41. The van der Waals surface area contributed by atoms with E-state index in [1.54, 1.807) is 11.3 Å². The quantitative estimate of drug-likeness (QED) is 0.791. The lowest BCUT2D eigenvalue weighted by atomic mass is 10.3. The normalized spacial score (nSPS) is 10.4. The van der Waals surface area contributed by atoms with Crippen LogP contribution in [0.25, 0.3) is 0 Å². The molecular formula is C13H12Br2N2OS. The smallest absolute Gasteiger partial charge is 0.238 e. The van der Waals surface area contributed by atoms with E-state index in [0.29, 0.717) is 6.54 Å². The van der Waals surface area contributed by atoms with E-state index in [9.17, 15) is 4.79 Å². The molecule has 0 atom stereocenters. The van der Waals surface area contributed by atoms with E-state index in [0.717, 1.165) is 14.6 Å². The first-order valence-electron chi connectivity index (χ1n) is 5.64. The van der Waals surface area contributed by atoms with Crippen molar-refractivity contribution in [1.82, 2.24) is 5.32 Å². The zero-order chi connectivity index (χ0) is 13.7. The van der Waals surface area contributed by atoms with Gasteiger partial charge in [-0.25, -0.2) is 0 Å². The average Bonchev–Trinajstić information content (AvgIpc) is 2.78. The molecule has 1 aromatic heterocycles. The summed E-state index contributed by atoms with van der Waals surface area (Å²) in [6, 6.07) is 9.55. The van der Waals surface area contributed by atoms with Crippen LogP contribution < -0.4 is 10.6 Å². The third kappa shape index (κ3) is 4.42. The van der Waals surface area contributed by atoms with Gasteiger partial charge in [0.05, 0.1) is 12.2 Å². The van der Waals surface area contributed by atoms with Gasteiger partial charge in [0, 0.05) is 20.4 Å². The SMILES string of the molecule is O=C(CNCc1sccc1Br)Nc1ccccc1Br. The van der Waals surface area contributed by atoms with Gasteiger partial charge in [0.2, 0.25) is 5.91 Å². The molecule has 1 amide bonds. The molecule has 0 aliphatic rings. The van der Waals surface area contributed by atoms with Gasteiger partial charge >= 0.3 is 0 Å². The number of rotatable bonds is 5. The number of thiophene rings is 1. The van der Waals surface area contributed by atoms with Gasteiger partial charge in [0.15, 0.2) is 0 Å². The van der Waals surface area contributed by atoms with Crippen molar-refractivity contribution in [2.45, 2.75) is 6.54 Å². The van der Waals surface area contributed by atoms with Crippen LogP contribution in [0.5, 0.6) is 0 Å². The van der Waals surface area contributed by atoms with Crippen LogP contribution in [-0.2, 0) is 11.3 Å². The van der Waals surface area contributed by atoms with Crippen LogP contribution in [-0.4, -0.2) is 12.5 Å². The lowest BCUT2D eigenvalue weighted by molar-refractivity contribution is -0.115. The van der Waals surface area contributed by atoms with Crippen LogP contribution in [0.3, 0.4) is 0 Å². The zero-order valence-electron chi connectivity index (χ0n) is 9.95. The molecule has 0 aliphatic carbocycles. The number of amides is 1. The molecule has 3 nitrogen and oxygen atoms in total. The van der Waals surface area contributed by atoms with Gasteiger partial charge in [-0.3, -0.25) is 4.79 Å². The molecule has 6 heteroatoms. The maximum Gasteiger partial charge on any atom is 0.238 e. The number of carbonyl (C=O) groups excluding carboxylic acids is 1. The molecule has 100 valence electrons. The lowest BCUT2D eigenvalue weighted by Crippen LogP contribution is -2.27. The summed E-state index contributed by atoms with van der Waals surface area (Å²) < 4.78 is 1.96. The van der Waals surface area contributed by atoms with Crippen molar-refractivity contribution < 1.29 is 4.79 Å². The van der Waals surface area contributed by atoms with Gasteiger partial charge in [-0.2, -0.15) is 0 Å². The van der Waals surface area contributed by atoms with Gasteiger partial charge in [-0.15, -0.1) is 11.3 Å². The van der Waals surface area contributed by atoms with Crippen molar-refractivity contribution in [2.24, 2.45) is 0 Å². The fourth-order valence-corrected chi connectivity index (χ4v) is 3.34. The highest BCUT2D eigenvalue weighted by Crippen LogP contribution is 2.22. The molecule has 0 unspecified atom stereocenters. The number of halogens is 2. The van der Waals surface area contributed by atoms with E-state index in [1.165, 1.54) is 4.88 Å². The highest BCUT2D eigenvalue weighted by atomic mass is 79.9. The van der Waals surface area contributed by atoms with Crippen molar-refractivity contribution >= 4 is 54.8 Å². The Hall–Kier alpha value is -0.690. The van der Waals surface area contributed by atoms with Crippen molar-refractivity contribution in [3.05, 3.63) is 49.5 Å². The van der Waals surface area contributed by atoms with Gasteiger partial charge in [-0.05, 0) is 55.4 Å². The van der Waals surface area contributed by atoms with Crippen molar-refractivity contribution in [2.75, 3.05) is 11.9 Å². The van der Waals surface area contributed by atoms with Gasteiger partial charge in [-0.1, -0.05) is 12.1 Å². The molecule has 2 rings (SSSR count). The minimum absolute atomic E-state index is 0.0559. The molecule has 0 radical (unpaired) electrons. The van der Waals surface area contributed by atoms with Crippen molar-refractivity contribution in [1.29, 1.82) is 0 Å². The Balaban J connectivity index is 1.79. The number of para-hydroxylation sites is 1. The van der Waals surface area contributed by atoms with E-state index >= 15 is 0 Å². The first-order valence-corrected chi connectivity index (χ1v) is 8.10. The molecule has 0 saturated heterocycles. The predicted molar refractivity (Wildman–Crippen MR) is 86.5 cm³/mol. The monoisotopic (exact) mass is 402 g/mol. The Morgan fingerprint density at radius 1 is 1.16 bits per heavy atom. The predicted octanol–water partition coefficient (Wildman–Crippen LogP) is 4.00. The maximum absolute atomic E-state index is 11.8. The summed E-state index contributed by atoms with van der Waals surface area (Å²) in [4.78, 5) is 13.0. The summed E-state index contributed by atoms with van der Waals surface area (Å²) in [5.41, 5.74) is 0.784. The first kappa shape index (κ1) is 14.7. The number of benzene rings is 1. The van der Waals surface area contributed by atoms with Crippen LogP contribution in [0.15, 0.2) is 44.7 Å². The highest BCUT2D eigenvalue weighted by molar-refractivity contribution is 9.11. The minimum atomic E-state index is -0.0559. The summed E-state index contributed by atoms with van der Waals surface area (Å²) in [7, 11) is 0. The molecule has 2 N–H and O–H groups in total. The molecular weight excluding hydrogens is 392 g/mol. The third-order valence-corrected chi connectivity index (χ3v) is 5.03. The summed E-state index contributed by atoms with van der Waals surface area (Å²) in [5, 5.41) is 7.99. The number of hydrogen-bond donors (Lipinski definition) is 2. The Labute approximate surface area is 132 Å². The molecule has 1 heterocycles. The standard InChI is InChI=1S/C13H12Br2N2OS/c14-9-3-1-2-4-11(9)17-13(18)8-16-7-12-10(15)5-6-19-12/h1-6,16H,7-8H2,(H,17,18). The summed E-state index contributed by atoms with van der Waals surface area (Å²) in [6.07, 6.45) is 0. The number of hydrogen-bond acceptors (Lipinski definition) is 3. The van der Waals surface area contributed by atoms with E-state index in [-0.39, 0.29) is 12.5 Å². The fourth-order valence-electron chi connectivity index (χ4n) is 1.50. The Kier molecular flexibility index (Phi) is 5.57. The van der Waals surface area contributed by atoms with Crippen LogP contribution in [0, 0.1) is 0 Å². The molecule has 19 heavy (non-hydrogen) atoms. The largest absolute Gasteiger partial charge is 0.324 e. The minimum Gasteiger partial charge on any atom is -0.324 e. The fraction of sp³-hybridized carbons (Fsp3) is 0.154. The summed E-state index contributed by atoms with van der Waals surface area (Å²) in [5.74, 6) is -0.0559. The lowest BCUT2D eigenvalue weighted by Gasteiger charge is -2.07. The Morgan fingerprint density at radius 3 is 2.63 bits per heavy atom. The molecule has 2 aromatic rings. The van der Waals surface area contributed by atoms with E-state index in [2.05, 4.69) is 42.5 Å². The molecule has 0 fully saturated rings. The average molecular weight is 404 g/mol. The van der Waals surface area contributed by atoms with Crippen molar-refractivity contribution in [3.8, 4) is 0 Å². The second-order valence-electron chi connectivity index (χ2n) is 3.82. The van der Waals surface area contributed by atoms with Gasteiger partial charge < -0.3 is 10.6 Å². The van der Waals surface area contributed by atoms with E-state index in [1.807, 2.05) is 35.7 Å². The molecule has 1 aromatic carbocycles. The molecule has 0 aliphatic heterocycles. The van der Waals surface area contributed by atoms with Crippen LogP contribution in [0.2, 0.25) is 0 Å². The van der Waals surface area contributed by atoms with Crippen LogP contribution in [0.1, 0.15) is 4.88 Å². The maximum atomic E-state index is 11.8. The van der Waals surface area contributed by atoms with Gasteiger partial charge in [0.25, 0.3) is 0 Å². The zero-order valence-corrected chi connectivity index (χ0v) is 13.9. The molecule has 0 bridgehead atoms. The second kappa shape index (κ2) is 7.19. The topological polar surface area (TPSA) is 41.1 Å². The number of carbonyl (C=O) groups is 1. The van der Waals surface area contributed by atoms with Crippen LogP contribution >= 0.6 is 43.2 Å². The molecule has 0 saturated carbocycles. The summed E-state index contributed by atoms with van der Waals surface area (Å²) in [6.45, 7) is 0.966. The van der Waals surface area contributed by atoms with E-state index in [4.69, 9.17) is 0 Å². The highest BCUT2D eigenvalue weighted by Gasteiger charge is 2.06. The van der Waals surface area contributed by atoms with Gasteiger partial charge in [0.1, 0.15) is 0 Å². The molecule has 0 spiro atoms. The summed E-state index contributed by atoms with van der Waals surface area (Å²) >= 11 is 8.51. The first-order chi connectivity index (χ1) is 9.16. The van der Waals surface area contributed by atoms with Crippen molar-refractivity contribution in [3.63, 3.8) is 0 Å². The number of nitrogens with one attached hydrogen (secondary N) is 2. The second-order valence-corrected chi connectivity index (χ2v) is 6.53. The van der Waals surface area contributed by atoms with Crippen LogP contribution in [0.4, 0.5) is 5.69 Å².